The average molecular weight is 672 g/mol. The Balaban J connectivity index is 1.30. The first kappa shape index (κ1) is 33.4. The molecule has 2 aliphatic heterocycles. The SMILES string of the molecule is CCN1Cc2c(nc(OCC3(CN4CC[C@@H](F)C4)CCC3)nc2N(C)[C@H](C)c2cccnc2N)C[C@@]12CCCc1c(F)cc(N)c(C#N)c12. The van der Waals surface area contributed by atoms with Crippen molar-refractivity contribution in [3.63, 3.8) is 0 Å². The van der Waals surface area contributed by atoms with Crippen LogP contribution in [0.2, 0.25) is 0 Å². The van der Waals surface area contributed by atoms with Crippen LogP contribution in [-0.4, -0.2) is 70.8 Å². The number of nitrogens with two attached hydrogens (primary N) is 2. The topological polar surface area (TPSA) is 133 Å². The van der Waals surface area contributed by atoms with Gasteiger partial charge in [0, 0.05) is 62.4 Å². The number of hydrogen-bond acceptors (Lipinski definition) is 10. The normalized spacial score (nSPS) is 23.7. The van der Waals surface area contributed by atoms with Crippen LogP contribution in [0.5, 0.6) is 6.01 Å². The molecule has 2 fully saturated rings. The van der Waals surface area contributed by atoms with E-state index >= 15 is 4.39 Å². The Labute approximate surface area is 287 Å². The van der Waals surface area contributed by atoms with E-state index < -0.39 is 11.7 Å². The monoisotopic (exact) mass is 671 g/mol. The third-order valence-electron chi connectivity index (χ3n) is 11.8. The molecule has 2 aromatic heterocycles. The Morgan fingerprint density at radius 2 is 2.02 bits per heavy atom. The lowest BCUT2D eigenvalue weighted by molar-refractivity contribution is 0.0186. The lowest BCUT2D eigenvalue weighted by Crippen LogP contribution is -2.53. The van der Waals surface area contributed by atoms with Crippen molar-refractivity contribution in [2.75, 3.05) is 56.2 Å². The summed E-state index contributed by atoms with van der Waals surface area (Å²) in [6, 6.07) is 7.60. The molecule has 1 spiro atoms. The average Bonchev–Trinajstić information content (AvgIpc) is 3.49. The number of likely N-dealkylation sites (tertiary alicyclic amines) is 1. The number of fused-ring (bicyclic) bond motifs is 3. The van der Waals surface area contributed by atoms with Crippen LogP contribution >= 0.6 is 0 Å². The van der Waals surface area contributed by atoms with Gasteiger partial charge in [0.15, 0.2) is 0 Å². The third-order valence-corrected chi connectivity index (χ3v) is 11.8. The molecule has 1 saturated carbocycles. The summed E-state index contributed by atoms with van der Waals surface area (Å²) in [4.78, 5) is 21.2. The second kappa shape index (κ2) is 13.0. The Morgan fingerprint density at radius 1 is 1.20 bits per heavy atom. The molecule has 4 aliphatic rings. The van der Waals surface area contributed by atoms with Gasteiger partial charge in [-0.2, -0.15) is 15.2 Å². The van der Waals surface area contributed by atoms with E-state index in [1.54, 1.807) is 6.20 Å². The summed E-state index contributed by atoms with van der Waals surface area (Å²) in [5, 5.41) is 10.3. The molecule has 3 atom stereocenters. The molecule has 49 heavy (non-hydrogen) atoms. The van der Waals surface area contributed by atoms with E-state index in [0.29, 0.717) is 74.0 Å². The van der Waals surface area contributed by atoms with E-state index in [1.807, 2.05) is 19.2 Å². The number of aromatic nitrogens is 3. The number of rotatable bonds is 9. The first-order chi connectivity index (χ1) is 23.6. The van der Waals surface area contributed by atoms with Gasteiger partial charge >= 0.3 is 6.01 Å². The van der Waals surface area contributed by atoms with Gasteiger partial charge in [-0.3, -0.25) is 9.80 Å². The van der Waals surface area contributed by atoms with Crippen molar-refractivity contribution in [2.24, 2.45) is 5.41 Å². The fourth-order valence-electron chi connectivity index (χ4n) is 8.89. The third kappa shape index (κ3) is 5.84. The van der Waals surface area contributed by atoms with Gasteiger partial charge in [0.2, 0.25) is 0 Å². The van der Waals surface area contributed by atoms with Crippen LogP contribution in [0.15, 0.2) is 24.4 Å². The highest BCUT2D eigenvalue weighted by molar-refractivity contribution is 5.65. The molecule has 3 aromatic rings. The van der Waals surface area contributed by atoms with Crippen molar-refractivity contribution < 1.29 is 13.5 Å². The van der Waals surface area contributed by atoms with Gasteiger partial charge in [-0.05, 0) is 75.3 Å². The van der Waals surface area contributed by atoms with Crippen molar-refractivity contribution in [1.82, 2.24) is 24.8 Å². The van der Waals surface area contributed by atoms with Gasteiger partial charge in [-0.25, -0.2) is 13.8 Å². The van der Waals surface area contributed by atoms with Crippen LogP contribution in [0.3, 0.4) is 0 Å². The summed E-state index contributed by atoms with van der Waals surface area (Å²) in [5.74, 6) is 0.842. The summed E-state index contributed by atoms with van der Waals surface area (Å²) in [6.45, 7) is 7.85. The number of ether oxygens (including phenoxy) is 1. The molecule has 0 amide bonds. The Kier molecular flexibility index (Phi) is 8.86. The van der Waals surface area contributed by atoms with E-state index in [9.17, 15) is 9.65 Å². The van der Waals surface area contributed by atoms with Crippen molar-refractivity contribution >= 4 is 17.3 Å². The first-order valence-corrected chi connectivity index (χ1v) is 17.7. The molecule has 2 aliphatic carbocycles. The van der Waals surface area contributed by atoms with Crippen LogP contribution in [0, 0.1) is 22.6 Å². The quantitative estimate of drug-likeness (QED) is 0.283. The van der Waals surface area contributed by atoms with Crippen LogP contribution < -0.4 is 21.1 Å². The number of nitrogen functional groups attached to an aromatic ring is 2. The zero-order chi connectivity index (χ0) is 34.5. The molecule has 4 heterocycles. The van der Waals surface area contributed by atoms with Crippen molar-refractivity contribution in [1.29, 1.82) is 5.26 Å². The largest absolute Gasteiger partial charge is 0.463 e. The molecular weight excluding hydrogens is 624 g/mol. The number of pyridine rings is 1. The lowest BCUT2D eigenvalue weighted by atomic mass is 9.68. The van der Waals surface area contributed by atoms with Crippen molar-refractivity contribution in [2.45, 2.75) is 89.5 Å². The Bertz CT molecular complexity index is 1780. The predicted molar refractivity (Wildman–Crippen MR) is 185 cm³/mol. The molecule has 1 saturated heterocycles. The first-order valence-electron chi connectivity index (χ1n) is 17.7. The molecule has 4 N–H and O–H groups in total. The molecular formula is C37H47F2N9O. The van der Waals surface area contributed by atoms with Gasteiger partial charge in [0.1, 0.15) is 29.7 Å². The van der Waals surface area contributed by atoms with Gasteiger partial charge < -0.3 is 21.1 Å². The van der Waals surface area contributed by atoms with E-state index in [-0.39, 0.29) is 23.0 Å². The minimum absolute atomic E-state index is 0.0634. The standard InChI is InChI=1S/C37H47F2N9O/c1-4-48-20-28-31(17-37(48)13-5-8-26-29(39)16-30(41)27(18-40)32(26)37)44-35(45-34(28)46(3)23(2)25-9-6-14-43-33(25)42)49-22-36(11-7-12-36)21-47-15-10-24(38)19-47/h6,9,14,16,23-24H,4-5,7-8,10-13,15,17,19-22,41H2,1-3H3,(H2,42,43)/t23-,24-,37-/m1/s1. The summed E-state index contributed by atoms with van der Waals surface area (Å²) < 4.78 is 36.1. The maximum absolute atomic E-state index is 15.5. The Hall–Kier alpha value is -4.08. The number of likely N-dealkylation sites (N-methyl/N-ethyl adjacent to an activating group) is 1. The van der Waals surface area contributed by atoms with E-state index in [0.717, 1.165) is 67.8 Å². The molecule has 0 unspecified atom stereocenters. The van der Waals surface area contributed by atoms with Crippen LogP contribution in [0.4, 0.5) is 26.1 Å². The second-order valence-corrected chi connectivity index (χ2v) is 14.6. The zero-order valence-electron chi connectivity index (χ0n) is 28.8. The predicted octanol–water partition coefficient (Wildman–Crippen LogP) is 5.45. The van der Waals surface area contributed by atoms with Crippen molar-refractivity contribution in [3.05, 3.63) is 63.7 Å². The minimum Gasteiger partial charge on any atom is -0.463 e. The number of halogens is 2. The lowest BCUT2D eigenvalue weighted by Gasteiger charge is -2.51. The summed E-state index contributed by atoms with van der Waals surface area (Å²) in [7, 11) is 2.00. The summed E-state index contributed by atoms with van der Waals surface area (Å²) in [6.07, 6.45) is 7.20. The molecule has 0 radical (unpaired) electrons. The van der Waals surface area contributed by atoms with Crippen molar-refractivity contribution in [3.8, 4) is 12.1 Å². The number of alkyl halides is 1. The smallest absolute Gasteiger partial charge is 0.318 e. The zero-order valence-corrected chi connectivity index (χ0v) is 28.8. The molecule has 260 valence electrons. The highest BCUT2D eigenvalue weighted by Gasteiger charge is 2.49. The van der Waals surface area contributed by atoms with Crippen LogP contribution in [-0.2, 0) is 24.9 Å². The maximum Gasteiger partial charge on any atom is 0.318 e. The highest BCUT2D eigenvalue weighted by atomic mass is 19.1. The fraction of sp³-hybridized carbons (Fsp3) is 0.568. The molecule has 0 bridgehead atoms. The molecule has 12 heteroatoms. The fourth-order valence-corrected chi connectivity index (χ4v) is 8.89. The van der Waals surface area contributed by atoms with E-state index in [1.165, 1.54) is 6.07 Å². The molecule has 1 aromatic carbocycles. The van der Waals surface area contributed by atoms with Crippen LogP contribution in [0.25, 0.3) is 0 Å². The minimum atomic E-state index is -0.763. The van der Waals surface area contributed by atoms with Gasteiger partial charge in [-0.1, -0.05) is 19.4 Å². The van der Waals surface area contributed by atoms with Gasteiger partial charge in [0.25, 0.3) is 0 Å². The number of hydrogen-bond donors (Lipinski definition) is 2. The van der Waals surface area contributed by atoms with E-state index in [4.69, 9.17) is 26.2 Å². The maximum atomic E-state index is 15.5. The van der Waals surface area contributed by atoms with Crippen LogP contribution in [0.1, 0.15) is 91.9 Å². The molecule has 7 rings (SSSR count). The Morgan fingerprint density at radius 3 is 2.69 bits per heavy atom. The summed E-state index contributed by atoms with van der Waals surface area (Å²) >= 11 is 0. The summed E-state index contributed by atoms with van der Waals surface area (Å²) in [5.41, 5.74) is 16.4. The number of nitriles is 1. The number of nitrogens with zero attached hydrogens (tertiary/aromatic N) is 7. The second-order valence-electron chi connectivity index (χ2n) is 14.6. The highest BCUT2D eigenvalue weighted by Crippen LogP contribution is 2.51. The number of anilines is 3. The molecule has 10 nitrogen and oxygen atoms in total. The number of benzene rings is 1. The van der Waals surface area contributed by atoms with Gasteiger partial charge in [-0.15, -0.1) is 0 Å². The van der Waals surface area contributed by atoms with Gasteiger partial charge in [0.05, 0.1) is 35.1 Å². The van der Waals surface area contributed by atoms with E-state index in [2.05, 4.69) is 39.6 Å².